The van der Waals surface area contributed by atoms with E-state index in [4.69, 9.17) is 9.15 Å². The van der Waals surface area contributed by atoms with Crippen molar-refractivity contribution < 1.29 is 23.5 Å². The van der Waals surface area contributed by atoms with Gasteiger partial charge in [-0.3, -0.25) is 19.3 Å². The van der Waals surface area contributed by atoms with Crippen molar-refractivity contribution in [2.45, 2.75) is 20.5 Å². The first-order valence-corrected chi connectivity index (χ1v) is 9.00. The van der Waals surface area contributed by atoms with Crippen LogP contribution in [0.4, 0.5) is 5.69 Å². The Kier molecular flexibility index (Phi) is 4.50. The maximum absolute atomic E-state index is 12.3. The van der Waals surface area contributed by atoms with Crippen molar-refractivity contribution in [2.75, 3.05) is 11.4 Å². The SMILES string of the molecule is Cc1cc2oc(=O)cc(COC(=O)CN3C(=O)C(=O)c4ccccc43)c2cc1C. The number of ketones is 1. The molecule has 7 nitrogen and oxygen atoms in total. The summed E-state index contributed by atoms with van der Waals surface area (Å²) in [4.78, 5) is 49.5. The highest BCUT2D eigenvalue weighted by Crippen LogP contribution is 2.28. The lowest BCUT2D eigenvalue weighted by atomic mass is 10.0. The van der Waals surface area contributed by atoms with E-state index < -0.39 is 23.3 Å². The summed E-state index contributed by atoms with van der Waals surface area (Å²) in [6.07, 6.45) is 0. The van der Waals surface area contributed by atoms with Crippen molar-refractivity contribution >= 4 is 34.3 Å². The van der Waals surface area contributed by atoms with E-state index in [1.807, 2.05) is 19.9 Å². The number of para-hydroxylation sites is 1. The van der Waals surface area contributed by atoms with Gasteiger partial charge in [0, 0.05) is 17.0 Å². The standard InChI is InChI=1S/C22H17NO6/c1-12-7-16-14(9-19(24)29-18(16)8-13(12)2)11-28-20(25)10-23-17-6-4-3-5-15(17)21(26)22(23)27/h3-9H,10-11H2,1-2H3. The lowest BCUT2D eigenvalue weighted by Gasteiger charge is -2.15. The number of hydrogen-bond donors (Lipinski definition) is 0. The Morgan fingerprint density at radius 3 is 2.55 bits per heavy atom. The fraction of sp³-hybridized carbons (Fsp3) is 0.182. The molecule has 0 saturated heterocycles. The molecular weight excluding hydrogens is 374 g/mol. The van der Waals surface area contributed by atoms with Crippen LogP contribution in [-0.2, 0) is 20.9 Å². The molecule has 7 heteroatoms. The van der Waals surface area contributed by atoms with Crippen LogP contribution in [0.1, 0.15) is 27.0 Å². The summed E-state index contributed by atoms with van der Waals surface area (Å²) in [6.45, 7) is 3.30. The molecule has 1 aromatic heterocycles. The van der Waals surface area contributed by atoms with Gasteiger partial charge in [-0.25, -0.2) is 4.79 Å². The molecule has 1 aliphatic heterocycles. The number of anilines is 1. The Bertz CT molecular complexity index is 1240. The van der Waals surface area contributed by atoms with Crippen LogP contribution in [-0.4, -0.2) is 24.2 Å². The fourth-order valence-electron chi connectivity index (χ4n) is 3.34. The first-order chi connectivity index (χ1) is 13.8. The van der Waals surface area contributed by atoms with Crippen LogP contribution in [0.15, 0.2) is 51.7 Å². The van der Waals surface area contributed by atoms with E-state index in [-0.39, 0.29) is 18.7 Å². The van der Waals surface area contributed by atoms with Gasteiger partial charge in [0.2, 0.25) is 0 Å². The molecule has 146 valence electrons. The summed E-state index contributed by atoms with van der Waals surface area (Å²) in [7, 11) is 0. The molecule has 2 heterocycles. The van der Waals surface area contributed by atoms with Crippen molar-refractivity contribution in [2.24, 2.45) is 0 Å². The quantitative estimate of drug-likeness (QED) is 0.386. The van der Waals surface area contributed by atoms with Gasteiger partial charge in [-0.1, -0.05) is 12.1 Å². The maximum atomic E-state index is 12.3. The van der Waals surface area contributed by atoms with Gasteiger partial charge >= 0.3 is 11.6 Å². The van der Waals surface area contributed by atoms with Crippen molar-refractivity contribution in [3.8, 4) is 0 Å². The molecule has 0 unspecified atom stereocenters. The number of esters is 1. The van der Waals surface area contributed by atoms with Gasteiger partial charge in [-0.05, 0) is 49.2 Å². The average molecular weight is 391 g/mol. The summed E-state index contributed by atoms with van der Waals surface area (Å²) in [5.41, 5.74) is 3.03. The molecule has 29 heavy (non-hydrogen) atoms. The molecule has 1 aliphatic rings. The Balaban J connectivity index is 1.54. The highest BCUT2D eigenvalue weighted by Gasteiger charge is 2.36. The lowest BCUT2D eigenvalue weighted by molar-refractivity contribution is -0.143. The molecule has 0 atom stereocenters. The fourth-order valence-corrected chi connectivity index (χ4v) is 3.34. The third-order valence-corrected chi connectivity index (χ3v) is 5.00. The van der Waals surface area contributed by atoms with E-state index >= 15 is 0 Å². The van der Waals surface area contributed by atoms with Gasteiger partial charge in [-0.2, -0.15) is 0 Å². The topological polar surface area (TPSA) is 93.9 Å². The molecule has 0 fully saturated rings. The van der Waals surface area contributed by atoms with Crippen molar-refractivity contribution in [3.05, 3.63) is 75.1 Å². The molecular formula is C22H17NO6. The molecule has 3 aromatic rings. The zero-order valence-corrected chi connectivity index (χ0v) is 15.9. The Morgan fingerprint density at radius 1 is 1.03 bits per heavy atom. The van der Waals surface area contributed by atoms with Crippen molar-refractivity contribution in [1.29, 1.82) is 0 Å². The highest BCUT2D eigenvalue weighted by molar-refractivity contribution is 6.52. The third kappa shape index (κ3) is 3.31. The second-order valence-electron chi connectivity index (χ2n) is 6.92. The number of carbonyl (C=O) groups is 3. The number of aryl methyl sites for hydroxylation is 2. The van der Waals surface area contributed by atoms with Crippen LogP contribution in [0.5, 0.6) is 0 Å². The van der Waals surface area contributed by atoms with Crippen molar-refractivity contribution in [3.63, 3.8) is 0 Å². The van der Waals surface area contributed by atoms with Crippen LogP contribution < -0.4 is 10.5 Å². The number of ether oxygens (including phenoxy) is 1. The van der Waals surface area contributed by atoms with Gasteiger partial charge in [-0.15, -0.1) is 0 Å². The molecule has 0 aliphatic carbocycles. The molecule has 1 amide bonds. The maximum Gasteiger partial charge on any atom is 0.336 e. The molecule has 2 aromatic carbocycles. The van der Waals surface area contributed by atoms with E-state index in [0.29, 0.717) is 22.2 Å². The Morgan fingerprint density at radius 2 is 1.76 bits per heavy atom. The number of hydrogen-bond acceptors (Lipinski definition) is 6. The van der Waals surface area contributed by atoms with Crippen LogP contribution in [0.3, 0.4) is 0 Å². The number of nitrogens with zero attached hydrogens (tertiary/aromatic N) is 1. The predicted octanol–water partition coefficient (Wildman–Crippen LogP) is 2.68. The molecule has 0 bridgehead atoms. The number of Topliss-reactive ketones (excluding diaryl/α,β-unsaturated/α-hetero) is 1. The van der Waals surface area contributed by atoms with Crippen LogP contribution in [0.2, 0.25) is 0 Å². The third-order valence-electron chi connectivity index (χ3n) is 5.00. The van der Waals surface area contributed by atoms with Crippen LogP contribution in [0, 0.1) is 13.8 Å². The van der Waals surface area contributed by atoms with E-state index in [0.717, 1.165) is 16.0 Å². The van der Waals surface area contributed by atoms with Gasteiger partial charge in [0.05, 0.1) is 11.3 Å². The Labute approximate surface area is 165 Å². The van der Waals surface area contributed by atoms with Crippen molar-refractivity contribution in [1.82, 2.24) is 0 Å². The summed E-state index contributed by atoms with van der Waals surface area (Å²) in [5, 5.41) is 0.679. The normalized spacial score (nSPS) is 13.1. The molecule has 0 N–H and O–H groups in total. The summed E-state index contributed by atoms with van der Waals surface area (Å²) >= 11 is 0. The second-order valence-corrected chi connectivity index (χ2v) is 6.92. The molecule has 0 saturated carbocycles. The lowest BCUT2D eigenvalue weighted by Crippen LogP contribution is -2.35. The number of rotatable bonds is 4. The zero-order chi connectivity index (χ0) is 20.7. The monoisotopic (exact) mass is 391 g/mol. The molecule has 0 radical (unpaired) electrons. The minimum atomic E-state index is -0.764. The van der Waals surface area contributed by atoms with E-state index in [9.17, 15) is 19.2 Å². The minimum absolute atomic E-state index is 0.152. The predicted molar refractivity (Wildman–Crippen MR) is 105 cm³/mol. The van der Waals surface area contributed by atoms with Gasteiger partial charge < -0.3 is 9.15 Å². The largest absolute Gasteiger partial charge is 0.459 e. The number of amides is 1. The minimum Gasteiger partial charge on any atom is -0.459 e. The van der Waals surface area contributed by atoms with E-state index in [1.165, 1.54) is 6.07 Å². The van der Waals surface area contributed by atoms with Gasteiger partial charge in [0.15, 0.2) is 0 Å². The summed E-state index contributed by atoms with van der Waals surface area (Å²) in [6, 6.07) is 11.4. The molecule has 4 rings (SSSR count). The highest BCUT2D eigenvalue weighted by atomic mass is 16.5. The smallest absolute Gasteiger partial charge is 0.336 e. The van der Waals surface area contributed by atoms with E-state index in [1.54, 1.807) is 30.3 Å². The first kappa shape index (κ1) is 18.6. The van der Waals surface area contributed by atoms with Crippen LogP contribution >= 0.6 is 0 Å². The average Bonchev–Trinajstić information content (AvgIpc) is 2.93. The first-order valence-electron chi connectivity index (χ1n) is 9.00. The number of fused-ring (bicyclic) bond motifs is 2. The number of benzene rings is 2. The summed E-state index contributed by atoms with van der Waals surface area (Å²) in [5.74, 6) is -2.10. The second kappa shape index (κ2) is 7.01. The van der Waals surface area contributed by atoms with Gasteiger partial charge in [0.1, 0.15) is 18.7 Å². The number of carbonyl (C=O) groups excluding carboxylic acids is 3. The van der Waals surface area contributed by atoms with Crippen LogP contribution in [0.25, 0.3) is 11.0 Å². The van der Waals surface area contributed by atoms with Gasteiger partial charge in [0.25, 0.3) is 11.7 Å². The zero-order valence-electron chi connectivity index (χ0n) is 15.9. The summed E-state index contributed by atoms with van der Waals surface area (Å²) < 4.78 is 10.5. The Hall–Kier alpha value is -3.74. The molecule has 0 spiro atoms. The van der Waals surface area contributed by atoms with E-state index in [2.05, 4.69) is 0 Å².